The fraction of sp³-hybridized carbons (Fsp3) is 0.231. The minimum absolute atomic E-state index is 0.177. The number of carbonyl (C=O) groups is 1. The molecule has 0 radical (unpaired) electrons. The van der Waals surface area contributed by atoms with Crippen LogP contribution in [0.2, 0.25) is 0 Å². The molecule has 1 rings (SSSR count). The van der Waals surface area contributed by atoms with Gasteiger partial charge in [0.05, 0.1) is 12.0 Å². The van der Waals surface area contributed by atoms with Crippen molar-refractivity contribution in [3.8, 4) is 6.07 Å². The smallest absolute Gasteiger partial charge is 0.244 e. The van der Waals surface area contributed by atoms with Crippen LogP contribution in [0.1, 0.15) is 12.5 Å². The topological polar surface area (TPSA) is 78.9 Å². The minimum atomic E-state index is -0.205. The Morgan fingerprint density at radius 1 is 1.53 bits per heavy atom. The van der Waals surface area contributed by atoms with E-state index in [0.717, 1.165) is 5.56 Å². The summed E-state index contributed by atoms with van der Waals surface area (Å²) < 4.78 is 0. The first-order valence-corrected chi connectivity index (χ1v) is 5.33. The van der Waals surface area contributed by atoms with Gasteiger partial charge >= 0.3 is 0 Å². The van der Waals surface area contributed by atoms with Gasteiger partial charge in [-0.25, -0.2) is 0 Å². The van der Waals surface area contributed by atoms with Crippen LogP contribution in [-0.2, 0) is 4.79 Å². The van der Waals surface area contributed by atoms with Gasteiger partial charge in [0.15, 0.2) is 0 Å². The number of carbonyl (C=O) groups excluding carboxylic acids is 1. The predicted octanol–water partition coefficient (Wildman–Crippen LogP) is 1.56. The predicted molar refractivity (Wildman–Crippen MR) is 67.7 cm³/mol. The van der Waals surface area contributed by atoms with Crippen LogP contribution in [-0.4, -0.2) is 12.5 Å². The number of hydrogen-bond donors (Lipinski definition) is 2. The number of nitrogen functional groups attached to an aromatic ring is 1. The molecular weight excluding hydrogens is 214 g/mol. The highest BCUT2D eigenvalue weighted by Gasteiger charge is 2.00. The number of nitrogens with zero attached hydrogens (tertiary/aromatic N) is 1. The molecule has 3 N–H and O–H groups in total. The van der Waals surface area contributed by atoms with Crippen LogP contribution in [0.4, 0.5) is 5.69 Å². The molecule has 17 heavy (non-hydrogen) atoms. The van der Waals surface area contributed by atoms with E-state index in [1.165, 1.54) is 6.08 Å². The summed E-state index contributed by atoms with van der Waals surface area (Å²) in [5, 5.41) is 11.2. The summed E-state index contributed by atoms with van der Waals surface area (Å²) in [6.07, 6.45) is 3.14. The lowest BCUT2D eigenvalue weighted by atomic mass is 10.2. The normalized spacial score (nSPS) is 12.0. The number of amides is 1. The third-order valence-electron chi connectivity index (χ3n) is 2.17. The van der Waals surface area contributed by atoms with Crippen molar-refractivity contribution in [2.45, 2.75) is 6.92 Å². The van der Waals surface area contributed by atoms with Gasteiger partial charge in [-0.05, 0) is 30.7 Å². The van der Waals surface area contributed by atoms with E-state index in [4.69, 9.17) is 11.0 Å². The number of nitrogens with two attached hydrogens (primary N) is 1. The maximum Gasteiger partial charge on any atom is 0.244 e. The molecule has 1 atom stereocenters. The first-order valence-electron chi connectivity index (χ1n) is 5.33. The van der Waals surface area contributed by atoms with E-state index in [2.05, 4.69) is 5.32 Å². The lowest BCUT2D eigenvalue weighted by molar-refractivity contribution is -0.116. The van der Waals surface area contributed by atoms with E-state index in [-0.39, 0.29) is 11.8 Å². The van der Waals surface area contributed by atoms with E-state index < -0.39 is 0 Å². The molecule has 88 valence electrons. The second-order valence-corrected chi connectivity index (χ2v) is 3.78. The molecular formula is C13H15N3O. The summed E-state index contributed by atoms with van der Waals surface area (Å²) >= 11 is 0. The zero-order chi connectivity index (χ0) is 12.7. The van der Waals surface area contributed by atoms with E-state index in [1.807, 2.05) is 18.2 Å². The highest BCUT2D eigenvalue weighted by atomic mass is 16.1. The maximum absolute atomic E-state index is 11.4. The minimum Gasteiger partial charge on any atom is -0.399 e. The van der Waals surface area contributed by atoms with Gasteiger partial charge in [0.2, 0.25) is 5.91 Å². The molecule has 1 unspecified atom stereocenters. The van der Waals surface area contributed by atoms with Gasteiger partial charge in [0, 0.05) is 18.3 Å². The van der Waals surface area contributed by atoms with Crippen LogP contribution in [0, 0.1) is 17.2 Å². The molecule has 0 aliphatic heterocycles. The number of rotatable bonds is 4. The van der Waals surface area contributed by atoms with Gasteiger partial charge in [0.1, 0.15) is 0 Å². The molecule has 4 heteroatoms. The molecule has 0 bridgehead atoms. The summed E-state index contributed by atoms with van der Waals surface area (Å²) in [4.78, 5) is 11.4. The Morgan fingerprint density at radius 2 is 2.18 bits per heavy atom. The van der Waals surface area contributed by atoms with E-state index in [0.29, 0.717) is 12.2 Å². The van der Waals surface area contributed by atoms with Crippen molar-refractivity contribution >= 4 is 17.7 Å². The van der Waals surface area contributed by atoms with Gasteiger partial charge in [-0.1, -0.05) is 12.1 Å². The Balaban J connectivity index is 2.46. The fourth-order valence-electron chi connectivity index (χ4n) is 1.14. The summed E-state index contributed by atoms with van der Waals surface area (Å²) in [6.45, 7) is 2.12. The van der Waals surface area contributed by atoms with Crippen LogP contribution in [0.5, 0.6) is 0 Å². The van der Waals surface area contributed by atoms with Crippen molar-refractivity contribution in [2.75, 3.05) is 12.3 Å². The molecule has 0 aliphatic rings. The Labute approximate surface area is 101 Å². The van der Waals surface area contributed by atoms with E-state index in [1.54, 1.807) is 25.1 Å². The Bertz CT molecular complexity index is 443. The van der Waals surface area contributed by atoms with Crippen molar-refractivity contribution < 1.29 is 4.79 Å². The van der Waals surface area contributed by atoms with E-state index >= 15 is 0 Å². The molecule has 0 heterocycles. The molecule has 0 fully saturated rings. The van der Waals surface area contributed by atoms with Crippen molar-refractivity contribution in [1.82, 2.24) is 5.32 Å². The molecule has 1 aromatic rings. The van der Waals surface area contributed by atoms with Gasteiger partial charge in [0.25, 0.3) is 0 Å². The fourth-order valence-corrected chi connectivity index (χ4v) is 1.14. The van der Waals surface area contributed by atoms with Crippen LogP contribution >= 0.6 is 0 Å². The number of anilines is 1. The van der Waals surface area contributed by atoms with Gasteiger partial charge in [-0.15, -0.1) is 0 Å². The second kappa shape index (κ2) is 6.33. The molecule has 1 aromatic carbocycles. The van der Waals surface area contributed by atoms with Crippen molar-refractivity contribution in [1.29, 1.82) is 5.26 Å². The van der Waals surface area contributed by atoms with Gasteiger partial charge in [-0.2, -0.15) is 5.26 Å². The molecule has 0 saturated heterocycles. The lowest BCUT2D eigenvalue weighted by Gasteiger charge is -2.02. The second-order valence-electron chi connectivity index (χ2n) is 3.78. The molecule has 0 spiro atoms. The average molecular weight is 229 g/mol. The number of hydrogen-bond acceptors (Lipinski definition) is 3. The SMILES string of the molecule is CC(C#N)CNC(=O)/C=C/c1ccc(N)cc1. The summed E-state index contributed by atoms with van der Waals surface area (Å²) in [5.41, 5.74) is 7.14. The zero-order valence-electron chi connectivity index (χ0n) is 9.68. The summed E-state index contributed by atoms with van der Waals surface area (Å²) in [5.74, 6) is -0.382. The molecule has 0 aromatic heterocycles. The third kappa shape index (κ3) is 4.85. The number of benzene rings is 1. The van der Waals surface area contributed by atoms with E-state index in [9.17, 15) is 4.79 Å². The van der Waals surface area contributed by atoms with Gasteiger partial charge in [-0.3, -0.25) is 4.79 Å². The zero-order valence-corrected chi connectivity index (χ0v) is 9.68. The maximum atomic E-state index is 11.4. The summed E-state index contributed by atoms with van der Waals surface area (Å²) in [6, 6.07) is 9.25. The first-order chi connectivity index (χ1) is 8.11. The van der Waals surface area contributed by atoms with Crippen LogP contribution in [0.25, 0.3) is 6.08 Å². The first kappa shape index (κ1) is 12.8. The quantitative estimate of drug-likeness (QED) is 0.607. The average Bonchev–Trinajstić information content (AvgIpc) is 2.35. The van der Waals surface area contributed by atoms with Crippen molar-refractivity contribution in [2.24, 2.45) is 5.92 Å². The number of nitrogens with one attached hydrogen (secondary N) is 1. The highest BCUT2D eigenvalue weighted by molar-refractivity contribution is 5.91. The van der Waals surface area contributed by atoms with Gasteiger partial charge < -0.3 is 11.1 Å². The Hall–Kier alpha value is -2.28. The molecule has 1 amide bonds. The number of nitriles is 1. The molecule has 0 aliphatic carbocycles. The highest BCUT2D eigenvalue weighted by Crippen LogP contribution is 2.06. The van der Waals surface area contributed by atoms with Crippen LogP contribution in [0.15, 0.2) is 30.3 Å². The third-order valence-corrected chi connectivity index (χ3v) is 2.17. The summed E-state index contributed by atoms with van der Waals surface area (Å²) in [7, 11) is 0. The Kier molecular flexibility index (Phi) is 4.77. The van der Waals surface area contributed by atoms with Crippen LogP contribution in [0.3, 0.4) is 0 Å². The standard InChI is InChI=1S/C13H15N3O/c1-10(8-14)9-16-13(17)7-4-11-2-5-12(15)6-3-11/h2-7,10H,9,15H2,1H3,(H,16,17)/b7-4+. The lowest BCUT2D eigenvalue weighted by Crippen LogP contribution is -2.25. The molecule has 0 saturated carbocycles. The monoisotopic (exact) mass is 229 g/mol. The van der Waals surface area contributed by atoms with Crippen LogP contribution < -0.4 is 11.1 Å². The largest absolute Gasteiger partial charge is 0.399 e. The van der Waals surface area contributed by atoms with Crippen molar-refractivity contribution in [3.63, 3.8) is 0 Å². The molecule has 4 nitrogen and oxygen atoms in total. The Morgan fingerprint density at radius 3 is 2.76 bits per heavy atom. The van der Waals surface area contributed by atoms with Crippen molar-refractivity contribution in [3.05, 3.63) is 35.9 Å².